The van der Waals surface area contributed by atoms with E-state index in [0.717, 1.165) is 34.1 Å². The molecule has 18 heavy (non-hydrogen) atoms. The van der Waals surface area contributed by atoms with Crippen molar-refractivity contribution < 1.29 is 4.42 Å². The Kier molecular flexibility index (Phi) is 4.10. The summed E-state index contributed by atoms with van der Waals surface area (Å²) in [4.78, 5) is 0. The summed E-state index contributed by atoms with van der Waals surface area (Å²) in [6.07, 6.45) is 0.991. The van der Waals surface area contributed by atoms with Crippen LogP contribution in [-0.2, 0) is 0 Å². The first kappa shape index (κ1) is 13.2. The van der Waals surface area contributed by atoms with Crippen LogP contribution >= 0.6 is 11.6 Å². The van der Waals surface area contributed by atoms with E-state index in [-0.39, 0.29) is 6.04 Å². The van der Waals surface area contributed by atoms with E-state index < -0.39 is 0 Å². The van der Waals surface area contributed by atoms with Crippen LogP contribution in [0.1, 0.15) is 30.7 Å². The lowest BCUT2D eigenvalue weighted by atomic mass is 10.1. The van der Waals surface area contributed by atoms with E-state index in [9.17, 15) is 0 Å². The second kappa shape index (κ2) is 5.59. The standard InChI is InChI=1S/C15H18ClNO/c1-4-13(17-3)15-8-7-14(18-15)11-6-5-10(2)9-12(11)16/h5-9,13,17H,4H2,1-3H3. The molecule has 1 aromatic carbocycles. The van der Waals surface area contributed by atoms with Crippen molar-refractivity contribution in [3.05, 3.63) is 46.7 Å². The molecule has 0 aliphatic rings. The van der Waals surface area contributed by atoms with Gasteiger partial charge in [0, 0.05) is 5.56 Å². The summed E-state index contributed by atoms with van der Waals surface area (Å²) in [6.45, 7) is 4.15. The molecule has 0 saturated heterocycles. The zero-order valence-electron chi connectivity index (χ0n) is 11.0. The van der Waals surface area contributed by atoms with Gasteiger partial charge >= 0.3 is 0 Å². The van der Waals surface area contributed by atoms with E-state index >= 15 is 0 Å². The third-order valence-electron chi connectivity index (χ3n) is 3.12. The van der Waals surface area contributed by atoms with Crippen LogP contribution in [-0.4, -0.2) is 7.05 Å². The molecule has 0 fully saturated rings. The zero-order chi connectivity index (χ0) is 13.1. The molecule has 1 atom stereocenters. The Bertz CT molecular complexity index is 529. The Morgan fingerprint density at radius 3 is 2.67 bits per heavy atom. The maximum Gasteiger partial charge on any atom is 0.135 e. The summed E-state index contributed by atoms with van der Waals surface area (Å²) in [7, 11) is 1.94. The molecular weight excluding hydrogens is 246 g/mol. The van der Waals surface area contributed by atoms with Gasteiger partial charge in [0.2, 0.25) is 0 Å². The number of hydrogen-bond donors (Lipinski definition) is 1. The highest BCUT2D eigenvalue weighted by atomic mass is 35.5. The molecule has 0 radical (unpaired) electrons. The number of furan rings is 1. The lowest BCUT2D eigenvalue weighted by Gasteiger charge is -2.10. The van der Waals surface area contributed by atoms with Gasteiger partial charge in [-0.05, 0) is 50.2 Å². The molecule has 2 nitrogen and oxygen atoms in total. The zero-order valence-corrected chi connectivity index (χ0v) is 11.7. The smallest absolute Gasteiger partial charge is 0.135 e. The molecule has 96 valence electrons. The molecule has 2 aromatic rings. The second-order valence-electron chi connectivity index (χ2n) is 4.43. The molecule has 0 aliphatic carbocycles. The van der Waals surface area contributed by atoms with Gasteiger partial charge in [0.25, 0.3) is 0 Å². The number of benzene rings is 1. The summed E-state index contributed by atoms with van der Waals surface area (Å²) in [5, 5.41) is 3.96. The number of nitrogens with one attached hydrogen (secondary N) is 1. The second-order valence-corrected chi connectivity index (χ2v) is 4.84. The van der Waals surface area contributed by atoms with Crippen LogP contribution in [0.4, 0.5) is 0 Å². The first-order valence-corrected chi connectivity index (χ1v) is 6.57. The predicted octanol–water partition coefficient (Wildman–Crippen LogP) is 4.58. The Hall–Kier alpha value is -1.25. The monoisotopic (exact) mass is 263 g/mol. The quantitative estimate of drug-likeness (QED) is 0.874. The van der Waals surface area contributed by atoms with Crippen molar-refractivity contribution in [1.29, 1.82) is 0 Å². The predicted molar refractivity (Wildman–Crippen MR) is 76.0 cm³/mol. The van der Waals surface area contributed by atoms with Gasteiger partial charge in [0.05, 0.1) is 11.1 Å². The number of halogens is 1. The fraction of sp³-hybridized carbons (Fsp3) is 0.333. The molecule has 1 heterocycles. The maximum absolute atomic E-state index is 6.25. The molecule has 0 aliphatic heterocycles. The van der Waals surface area contributed by atoms with Crippen molar-refractivity contribution in [2.24, 2.45) is 0 Å². The van der Waals surface area contributed by atoms with Crippen LogP contribution in [0.2, 0.25) is 5.02 Å². The summed E-state index contributed by atoms with van der Waals surface area (Å²) in [5.41, 5.74) is 2.09. The van der Waals surface area contributed by atoms with E-state index in [1.807, 2.05) is 44.3 Å². The molecule has 1 unspecified atom stereocenters. The lowest BCUT2D eigenvalue weighted by Crippen LogP contribution is -2.14. The van der Waals surface area contributed by atoms with Gasteiger partial charge in [-0.1, -0.05) is 24.6 Å². The summed E-state index contributed by atoms with van der Waals surface area (Å²) < 4.78 is 5.89. The average Bonchev–Trinajstić information content (AvgIpc) is 2.80. The highest BCUT2D eigenvalue weighted by Gasteiger charge is 2.13. The first-order chi connectivity index (χ1) is 8.65. The fourth-order valence-corrected chi connectivity index (χ4v) is 2.38. The average molecular weight is 264 g/mol. The highest BCUT2D eigenvalue weighted by molar-refractivity contribution is 6.33. The summed E-state index contributed by atoms with van der Waals surface area (Å²) in [6, 6.07) is 10.2. The minimum absolute atomic E-state index is 0.253. The number of rotatable bonds is 4. The van der Waals surface area contributed by atoms with Crippen molar-refractivity contribution >= 4 is 11.6 Å². The SMILES string of the molecule is CCC(NC)c1ccc(-c2ccc(C)cc2Cl)o1. The van der Waals surface area contributed by atoms with E-state index in [4.69, 9.17) is 16.0 Å². The molecule has 1 aromatic heterocycles. The minimum atomic E-state index is 0.253. The minimum Gasteiger partial charge on any atom is -0.459 e. The van der Waals surface area contributed by atoms with Crippen molar-refractivity contribution in [2.75, 3.05) is 7.05 Å². The normalized spacial score (nSPS) is 12.7. The van der Waals surface area contributed by atoms with Crippen LogP contribution in [0.25, 0.3) is 11.3 Å². The van der Waals surface area contributed by atoms with E-state index in [2.05, 4.69) is 12.2 Å². The third-order valence-corrected chi connectivity index (χ3v) is 3.43. The van der Waals surface area contributed by atoms with Crippen molar-refractivity contribution in [3.63, 3.8) is 0 Å². The molecule has 0 saturated carbocycles. The Balaban J connectivity index is 2.34. The number of aryl methyl sites for hydroxylation is 1. The summed E-state index contributed by atoms with van der Waals surface area (Å²) >= 11 is 6.25. The van der Waals surface area contributed by atoms with Gasteiger partial charge in [-0.3, -0.25) is 0 Å². The van der Waals surface area contributed by atoms with E-state index in [1.165, 1.54) is 0 Å². The fourth-order valence-electron chi connectivity index (χ4n) is 2.05. The van der Waals surface area contributed by atoms with E-state index in [0.29, 0.717) is 0 Å². The topological polar surface area (TPSA) is 25.2 Å². The van der Waals surface area contributed by atoms with Crippen LogP contribution in [0, 0.1) is 6.92 Å². The molecule has 1 N–H and O–H groups in total. The molecule has 0 bridgehead atoms. The van der Waals surface area contributed by atoms with Crippen molar-refractivity contribution in [2.45, 2.75) is 26.3 Å². The molecular formula is C15H18ClNO. The molecule has 0 spiro atoms. The van der Waals surface area contributed by atoms with Crippen molar-refractivity contribution in [1.82, 2.24) is 5.32 Å². The van der Waals surface area contributed by atoms with E-state index in [1.54, 1.807) is 0 Å². The maximum atomic E-state index is 6.25. The lowest BCUT2D eigenvalue weighted by molar-refractivity contribution is 0.431. The van der Waals surface area contributed by atoms with Crippen molar-refractivity contribution in [3.8, 4) is 11.3 Å². The van der Waals surface area contributed by atoms with Crippen LogP contribution in [0.15, 0.2) is 34.7 Å². The third kappa shape index (κ3) is 2.60. The van der Waals surface area contributed by atoms with Gasteiger partial charge in [0.1, 0.15) is 11.5 Å². The Morgan fingerprint density at radius 2 is 2.06 bits per heavy atom. The highest BCUT2D eigenvalue weighted by Crippen LogP contribution is 2.32. The van der Waals surface area contributed by atoms with Crippen LogP contribution in [0.3, 0.4) is 0 Å². The largest absolute Gasteiger partial charge is 0.459 e. The first-order valence-electron chi connectivity index (χ1n) is 6.19. The van der Waals surface area contributed by atoms with Gasteiger partial charge in [0.15, 0.2) is 0 Å². The molecule has 2 rings (SSSR count). The number of hydrogen-bond acceptors (Lipinski definition) is 2. The van der Waals surface area contributed by atoms with Gasteiger partial charge < -0.3 is 9.73 Å². The summed E-state index contributed by atoms with van der Waals surface area (Å²) in [5.74, 6) is 1.77. The molecule has 0 amide bonds. The van der Waals surface area contributed by atoms with Gasteiger partial charge in [-0.15, -0.1) is 0 Å². The molecule has 3 heteroatoms. The van der Waals surface area contributed by atoms with Crippen LogP contribution < -0.4 is 5.32 Å². The Labute approximate surface area is 113 Å². The van der Waals surface area contributed by atoms with Gasteiger partial charge in [-0.2, -0.15) is 0 Å². The Morgan fingerprint density at radius 1 is 1.28 bits per heavy atom. The van der Waals surface area contributed by atoms with Crippen LogP contribution in [0.5, 0.6) is 0 Å². The van der Waals surface area contributed by atoms with Gasteiger partial charge in [-0.25, -0.2) is 0 Å².